The van der Waals surface area contributed by atoms with Crippen molar-refractivity contribution in [2.24, 2.45) is 5.73 Å². The first-order valence-corrected chi connectivity index (χ1v) is 6.63. The molecule has 0 bridgehead atoms. The Kier molecular flexibility index (Phi) is 4.84. The van der Waals surface area contributed by atoms with Crippen molar-refractivity contribution >= 4 is 15.9 Å². The van der Waals surface area contributed by atoms with E-state index in [2.05, 4.69) is 20.7 Å². The van der Waals surface area contributed by atoms with Crippen molar-refractivity contribution in [2.75, 3.05) is 0 Å². The summed E-state index contributed by atoms with van der Waals surface area (Å²) >= 11 is 2.96. The van der Waals surface area contributed by atoms with Gasteiger partial charge >= 0.3 is 6.61 Å². The van der Waals surface area contributed by atoms with Crippen LogP contribution in [0.2, 0.25) is 0 Å². The number of hydrogen-bond donors (Lipinski definition) is 1. The second-order valence-electron chi connectivity index (χ2n) is 4.18. The molecule has 0 fully saturated rings. The maximum atomic E-state index is 14.0. The molecule has 0 saturated heterocycles. The quantitative estimate of drug-likeness (QED) is 0.646. The van der Waals surface area contributed by atoms with Crippen molar-refractivity contribution in [2.45, 2.75) is 12.7 Å². The maximum Gasteiger partial charge on any atom is 0.387 e. The molecule has 1 atom stereocenters. The van der Waals surface area contributed by atoms with Gasteiger partial charge in [0.05, 0.1) is 10.5 Å². The highest BCUT2D eigenvalue weighted by Crippen LogP contribution is 2.30. The molecular weight excluding hydrogens is 354 g/mol. The van der Waals surface area contributed by atoms with Gasteiger partial charge in [0.2, 0.25) is 0 Å². The van der Waals surface area contributed by atoms with Gasteiger partial charge in [-0.15, -0.1) is 0 Å². The summed E-state index contributed by atoms with van der Waals surface area (Å²) in [7, 11) is 0. The summed E-state index contributed by atoms with van der Waals surface area (Å²) in [4.78, 5) is 0. The van der Waals surface area contributed by atoms with Gasteiger partial charge in [0.15, 0.2) is 0 Å². The topological polar surface area (TPSA) is 35.2 Å². The Hall–Kier alpha value is -1.60. The smallest absolute Gasteiger partial charge is 0.387 e. The van der Waals surface area contributed by atoms with E-state index in [9.17, 15) is 17.6 Å². The molecule has 2 aromatic rings. The molecule has 0 aliphatic carbocycles. The van der Waals surface area contributed by atoms with Gasteiger partial charge < -0.3 is 10.5 Å². The summed E-state index contributed by atoms with van der Waals surface area (Å²) in [6.07, 6.45) is 0. The Balaban J connectivity index is 2.32. The predicted molar refractivity (Wildman–Crippen MR) is 73.2 cm³/mol. The first kappa shape index (κ1) is 15.8. The summed E-state index contributed by atoms with van der Waals surface area (Å²) in [5, 5.41) is 0. The molecule has 0 radical (unpaired) electrons. The van der Waals surface area contributed by atoms with E-state index in [1.807, 2.05) is 0 Å². The van der Waals surface area contributed by atoms with E-state index in [1.54, 1.807) is 0 Å². The van der Waals surface area contributed by atoms with Crippen molar-refractivity contribution in [1.82, 2.24) is 0 Å². The summed E-state index contributed by atoms with van der Waals surface area (Å²) in [5.41, 5.74) is 5.92. The Bertz CT molecular complexity index is 634. The third-order valence-corrected chi connectivity index (χ3v) is 3.47. The molecule has 1 unspecified atom stereocenters. The highest BCUT2D eigenvalue weighted by atomic mass is 79.9. The van der Waals surface area contributed by atoms with Crippen LogP contribution >= 0.6 is 15.9 Å². The molecule has 7 heteroatoms. The standard InChI is InChI=1S/C14H10BrF4NO/c15-9-5-6-10(16)11(12(9)17)13(20)7-1-3-8(4-2-7)21-14(18)19/h1-6,13-14H,20H2. The van der Waals surface area contributed by atoms with Crippen molar-refractivity contribution in [1.29, 1.82) is 0 Å². The lowest BCUT2D eigenvalue weighted by Crippen LogP contribution is -2.16. The van der Waals surface area contributed by atoms with Gasteiger partial charge in [0, 0.05) is 5.56 Å². The molecule has 2 aromatic carbocycles. The van der Waals surface area contributed by atoms with Crippen LogP contribution in [0.4, 0.5) is 17.6 Å². The van der Waals surface area contributed by atoms with Gasteiger partial charge in [-0.2, -0.15) is 8.78 Å². The molecule has 0 aliphatic heterocycles. The van der Waals surface area contributed by atoms with Crippen LogP contribution < -0.4 is 10.5 Å². The molecule has 0 aromatic heterocycles. The van der Waals surface area contributed by atoms with E-state index in [0.717, 1.165) is 6.07 Å². The van der Waals surface area contributed by atoms with E-state index < -0.39 is 24.3 Å². The van der Waals surface area contributed by atoms with Gasteiger partial charge in [0.25, 0.3) is 0 Å². The zero-order chi connectivity index (χ0) is 15.6. The lowest BCUT2D eigenvalue weighted by molar-refractivity contribution is -0.0498. The zero-order valence-electron chi connectivity index (χ0n) is 10.5. The van der Waals surface area contributed by atoms with Crippen LogP contribution in [0.1, 0.15) is 17.2 Å². The van der Waals surface area contributed by atoms with Crippen molar-refractivity contribution in [3.63, 3.8) is 0 Å². The lowest BCUT2D eigenvalue weighted by atomic mass is 9.98. The number of hydrogen-bond acceptors (Lipinski definition) is 2. The Morgan fingerprint density at radius 1 is 1.00 bits per heavy atom. The summed E-state index contributed by atoms with van der Waals surface area (Å²) in [6.45, 7) is -2.94. The van der Waals surface area contributed by atoms with Crippen LogP contribution in [0.15, 0.2) is 40.9 Å². The van der Waals surface area contributed by atoms with E-state index in [4.69, 9.17) is 5.73 Å². The zero-order valence-corrected chi connectivity index (χ0v) is 12.1. The predicted octanol–water partition coefficient (Wildman–Crippen LogP) is 4.38. The summed E-state index contributed by atoms with van der Waals surface area (Å²) in [5.74, 6) is -1.64. The molecule has 0 aliphatic rings. The highest BCUT2D eigenvalue weighted by molar-refractivity contribution is 9.10. The molecule has 0 heterocycles. The summed E-state index contributed by atoms with van der Waals surface area (Å²) in [6, 6.07) is 6.54. The Labute approximate surface area is 126 Å². The Morgan fingerprint density at radius 2 is 1.62 bits per heavy atom. The minimum atomic E-state index is -2.94. The number of rotatable bonds is 4. The fourth-order valence-corrected chi connectivity index (χ4v) is 2.20. The number of halogens is 5. The normalized spacial score (nSPS) is 12.5. The third kappa shape index (κ3) is 3.54. The van der Waals surface area contributed by atoms with Crippen LogP contribution in [0.5, 0.6) is 5.75 Å². The van der Waals surface area contributed by atoms with Crippen LogP contribution in [-0.2, 0) is 0 Å². The molecule has 2 nitrogen and oxygen atoms in total. The Morgan fingerprint density at radius 3 is 2.19 bits per heavy atom. The van der Waals surface area contributed by atoms with E-state index in [0.29, 0.717) is 5.56 Å². The average molecular weight is 364 g/mol. The van der Waals surface area contributed by atoms with E-state index in [1.165, 1.54) is 30.3 Å². The highest BCUT2D eigenvalue weighted by Gasteiger charge is 2.20. The lowest BCUT2D eigenvalue weighted by Gasteiger charge is -2.15. The van der Waals surface area contributed by atoms with Crippen molar-refractivity contribution < 1.29 is 22.3 Å². The number of alkyl halides is 2. The van der Waals surface area contributed by atoms with Crippen molar-refractivity contribution in [3.8, 4) is 5.75 Å². The fraction of sp³-hybridized carbons (Fsp3) is 0.143. The van der Waals surface area contributed by atoms with Crippen LogP contribution in [-0.4, -0.2) is 6.61 Å². The molecule has 2 rings (SSSR count). The second kappa shape index (κ2) is 6.44. The molecule has 21 heavy (non-hydrogen) atoms. The number of nitrogens with two attached hydrogens (primary N) is 1. The fourth-order valence-electron chi connectivity index (χ4n) is 1.85. The van der Waals surface area contributed by atoms with Gasteiger partial charge in [-0.3, -0.25) is 0 Å². The van der Waals surface area contributed by atoms with Gasteiger partial charge in [-0.1, -0.05) is 12.1 Å². The van der Waals surface area contributed by atoms with Crippen LogP contribution in [0.3, 0.4) is 0 Å². The SMILES string of the molecule is NC(c1ccc(OC(F)F)cc1)c1c(F)ccc(Br)c1F. The van der Waals surface area contributed by atoms with Gasteiger partial charge in [-0.25, -0.2) is 8.78 Å². The molecule has 2 N–H and O–H groups in total. The third-order valence-electron chi connectivity index (χ3n) is 2.85. The molecule has 0 saturated carbocycles. The monoisotopic (exact) mass is 363 g/mol. The molecule has 0 spiro atoms. The van der Waals surface area contributed by atoms with Gasteiger partial charge in [-0.05, 0) is 45.8 Å². The summed E-state index contributed by atoms with van der Waals surface area (Å²) < 4.78 is 56.1. The van der Waals surface area contributed by atoms with Gasteiger partial charge in [0.1, 0.15) is 17.4 Å². The van der Waals surface area contributed by atoms with E-state index in [-0.39, 0.29) is 15.8 Å². The molecule has 112 valence electrons. The first-order chi connectivity index (χ1) is 9.90. The minimum absolute atomic E-state index is 0.0591. The largest absolute Gasteiger partial charge is 0.435 e. The number of benzene rings is 2. The molecule has 0 amide bonds. The van der Waals surface area contributed by atoms with Crippen LogP contribution in [0, 0.1) is 11.6 Å². The minimum Gasteiger partial charge on any atom is -0.435 e. The maximum absolute atomic E-state index is 14.0. The van der Waals surface area contributed by atoms with E-state index >= 15 is 0 Å². The second-order valence-corrected chi connectivity index (χ2v) is 5.04. The average Bonchev–Trinajstić information content (AvgIpc) is 2.43. The van der Waals surface area contributed by atoms with Crippen molar-refractivity contribution in [3.05, 3.63) is 63.6 Å². The van der Waals surface area contributed by atoms with Crippen LogP contribution in [0.25, 0.3) is 0 Å². The first-order valence-electron chi connectivity index (χ1n) is 5.84. The molecular formula is C14H10BrF4NO. The number of ether oxygens (including phenoxy) is 1.